The van der Waals surface area contributed by atoms with Gasteiger partial charge in [-0.3, -0.25) is 0 Å². The minimum absolute atomic E-state index is 0.0605. The van der Waals surface area contributed by atoms with Gasteiger partial charge in [-0.15, -0.1) is 0 Å². The Labute approximate surface area is 112 Å². The summed E-state index contributed by atoms with van der Waals surface area (Å²) in [4.78, 5) is 0.0605. The Morgan fingerprint density at radius 1 is 1.39 bits per heavy atom. The van der Waals surface area contributed by atoms with Crippen molar-refractivity contribution < 1.29 is 5.11 Å². The molecular formula is C14H14N2OS. The van der Waals surface area contributed by atoms with Crippen LogP contribution >= 0.6 is 12.2 Å². The number of phenols is 1. The van der Waals surface area contributed by atoms with E-state index in [1.807, 2.05) is 12.1 Å². The van der Waals surface area contributed by atoms with Crippen LogP contribution in [0.5, 0.6) is 5.75 Å². The topological polar surface area (TPSA) is 70.0 Å². The van der Waals surface area contributed by atoms with Crippen LogP contribution in [-0.4, -0.2) is 10.1 Å². The van der Waals surface area contributed by atoms with E-state index in [1.54, 1.807) is 12.1 Å². The van der Waals surface area contributed by atoms with E-state index in [9.17, 15) is 5.11 Å². The van der Waals surface area contributed by atoms with Gasteiger partial charge in [-0.05, 0) is 49.0 Å². The number of nitrogens with two attached hydrogens (primary N) is 1. The second-order valence-corrected chi connectivity index (χ2v) is 4.82. The zero-order chi connectivity index (χ0) is 13.1. The molecule has 1 aromatic carbocycles. The van der Waals surface area contributed by atoms with E-state index in [0.29, 0.717) is 5.56 Å². The molecule has 0 heterocycles. The molecule has 18 heavy (non-hydrogen) atoms. The van der Waals surface area contributed by atoms with Crippen molar-refractivity contribution in [3.63, 3.8) is 0 Å². The van der Waals surface area contributed by atoms with Crippen LogP contribution in [0.15, 0.2) is 17.7 Å². The first-order chi connectivity index (χ1) is 8.63. The fourth-order valence-electron chi connectivity index (χ4n) is 2.31. The Kier molecular flexibility index (Phi) is 3.63. The maximum Gasteiger partial charge on any atom is 0.123 e. The van der Waals surface area contributed by atoms with Gasteiger partial charge in [0.15, 0.2) is 0 Å². The summed E-state index contributed by atoms with van der Waals surface area (Å²) in [6, 6.07) is 5.59. The van der Waals surface area contributed by atoms with Gasteiger partial charge < -0.3 is 10.8 Å². The molecule has 3 nitrogen and oxygen atoms in total. The predicted molar refractivity (Wildman–Crippen MR) is 75.1 cm³/mol. The number of aryl methyl sites for hydroxylation is 1. The highest BCUT2D eigenvalue weighted by atomic mass is 32.1. The van der Waals surface area contributed by atoms with Gasteiger partial charge >= 0.3 is 0 Å². The number of fused-ring (bicyclic) bond motifs is 1. The fraction of sp³-hybridized carbons (Fsp3) is 0.286. The van der Waals surface area contributed by atoms with Gasteiger partial charge in [-0.1, -0.05) is 18.3 Å². The molecule has 0 radical (unpaired) electrons. The molecule has 1 aliphatic carbocycles. The summed E-state index contributed by atoms with van der Waals surface area (Å²) < 4.78 is 0. The number of nitrogens with zero attached hydrogens (tertiary/aromatic N) is 1. The lowest BCUT2D eigenvalue weighted by molar-refractivity contribution is 0.472. The van der Waals surface area contributed by atoms with E-state index in [2.05, 4.69) is 0 Å². The molecule has 1 aliphatic rings. The smallest absolute Gasteiger partial charge is 0.123 e. The predicted octanol–water partition coefficient (Wildman–Crippen LogP) is 2.46. The van der Waals surface area contributed by atoms with Crippen molar-refractivity contribution in [3.05, 3.63) is 34.4 Å². The Morgan fingerprint density at radius 3 is 2.78 bits per heavy atom. The molecule has 0 amide bonds. The van der Waals surface area contributed by atoms with Crippen molar-refractivity contribution in [2.75, 3.05) is 0 Å². The van der Waals surface area contributed by atoms with Crippen LogP contribution in [0.3, 0.4) is 0 Å². The molecule has 2 rings (SSSR count). The maximum atomic E-state index is 9.95. The lowest BCUT2D eigenvalue weighted by atomic mass is 9.87. The van der Waals surface area contributed by atoms with Gasteiger partial charge in [0.25, 0.3) is 0 Å². The first kappa shape index (κ1) is 12.6. The number of aromatic hydroxyl groups is 1. The third kappa shape index (κ3) is 2.36. The van der Waals surface area contributed by atoms with Crippen molar-refractivity contribution >= 4 is 23.3 Å². The lowest BCUT2D eigenvalue weighted by Gasteiger charge is -2.19. The molecule has 0 unspecified atom stereocenters. The summed E-state index contributed by atoms with van der Waals surface area (Å²) in [5.41, 5.74) is 8.76. The Balaban J connectivity index is 2.57. The molecule has 1 aromatic rings. The molecule has 0 spiro atoms. The quantitative estimate of drug-likeness (QED) is 0.485. The second-order valence-electron chi connectivity index (χ2n) is 4.38. The summed E-state index contributed by atoms with van der Waals surface area (Å²) in [7, 11) is 0. The Bertz CT molecular complexity index is 570. The number of hydrogen-bond donors (Lipinski definition) is 2. The summed E-state index contributed by atoms with van der Waals surface area (Å²) >= 11 is 4.82. The summed E-state index contributed by atoms with van der Waals surface area (Å²) in [5, 5.41) is 18.9. The Hall–Kier alpha value is -1.86. The monoisotopic (exact) mass is 258 g/mol. The van der Waals surface area contributed by atoms with E-state index in [-0.39, 0.29) is 16.3 Å². The molecule has 3 N–H and O–H groups in total. The van der Waals surface area contributed by atoms with Crippen molar-refractivity contribution in [2.45, 2.75) is 25.7 Å². The van der Waals surface area contributed by atoms with E-state index in [4.69, 9.17) is 23.2 Å². The number of rotatable bonds is 2. The van der Waals surface area contributed by atoms with Crippen molar-refractivity contribution in [3.8, 4) is 11.8 Å². The van der Waals surface area contributed by atoms with Crippen LogP contribution in [-0.2, 0) is 12.8 Å². The van der Waals surface area contributed by atoms with E-state index in [0.717, 1.165) is 24.8 Å². The number of nitriles is 1. The number of benzene rings is 1. The highest BCUT2D eigenvalue weighted by Gasteiger charge is 2.16. The summed E-state index contributed by atoms with van der Waals surface area (Å²) in [6.45, 7) is 0. The van der Waals surface area contributed by atoms with Gasteiger partial charge in [0, 0.05) is 5.56 Å². The van der Waals surface area contributed by atoms with Crippen LogP contribution in [0, 0.1) is 11.3 Å². The zero-order valence-electron chi connectivity index (χ0n) is 9.94. The van der Waals surface area contributed by atoms with Gasteiger partial charge in [0.2, 0.25) is 0 Å². The molecule has 0 saturated carbocycles. The van der Waals surface area contributed by atoms with Crippen LogP contribution < -0.4 is 5.73 Å². The average Bonchev–Trinajstić information content (AvgIpc) is 2.37. The van der Waals surface area contributed by atoms with Gasteiger partial charge in [-0.25, -0.2) is 0 Å². The van der Waals surface area contributed by atoms with Crippen molar-refractivity contribution in [1.29, 1.82) is 5.26 Å². The first-order valence-electron chi connectivity index (χ1n) is 5.89. The molecule has 0 bridgehead atoms. The SMILES string of the molecule is N#CC(=Cc1c(O)ccc2c1CCCC2)C(N)=S. The summed E-state index contributed by atoms with van der Waals surface area (Å²) in [6.07, 6.45) is 5.81. The minimum Gasteiger partial charge on any atom is -0.507 e. The lowest BCUT2D eigenvalue weighted by Crippen LogP contribution is -2.10. The first-order valence-corrected chi connectivity index (χ1v) is 6.29. The highest BCUT2D eigenvalue weighted by molar-refractivity contribution is 7.80. The van der Waals surface area contributed by atoms with Gasteiger partial charge in [-0.2, -0.15) is 5.26 Å². The van der Waals surface area contributed by atoms with Gasteiger partial charge in [0.05, 0.1) is 5.57 Å². The molecular weight excluding hydrogens is 244 g/mol. The second kappa shape index (κ2) is 5.19. The standard InChI is InChI=1S/C14H14N2OS/c15-8-10(14(16)18)7-12-11-4-2-1-3-9(11)5-6-13(12)17/h5-7,17H,1-4H2,(H2,16,18). The molecule has 0 saturated heterocycles. The van der Waals surface area contributed by atoms with Crippen LogP contribution in [0.1, 0.15) is 29.5 Å². The average molecular weight is 258 g/mol. The minimum atomic E-state index is 0.0605. The number of phenolic OH excluding ortho intramolecular Hbond substituents is 1. The maximum absolute atomic E-state index is 9.95. The van der Waals surface area contributed by atoms with Crippen molar-refractivity contribution in [1.82, 2.24) is 0 Å². The fourth-order valence-corrected chi connectivity index (χ4v) is 2.41. The highest BCUT2D eigenvalue weighted by Crippen LogP contribution is 2.32. The van der Waals surface area contributed by atoms with Crippen LogP contribution in [0.25, 0.3) is 6.08 Å². The van der Waals surface area contributed by atoms with Crippen LogP contribution in [0.2, 0.25) is 0 Å². The summed E-state index contributed by atoms with van der Waals surface area (Å²) in [5.74, 6) is 0.180. The van der Waals surface area contributed by atoms with Crippen LogP contribution in [0.4, 0.5) is 0 Å². The molecule has 0 atom stereocenters. The van der Waals surface area contributed by atoms with Gasteiger partial charge in [0.1, 0.15) is 16.8 Å². The molecule has 0 fully saturated rings. The largest absolute Gasteiger partial charge is 0.507 e. The zero-order valence-corrected chi connectivity index (χ0v) is 10.8. The molecule has 0 aliphatic heterocycles. The molecule has 92 valence electrons. The Morgan fingerprint density at radius 2 is 2.11 bits per heavy atom. The number of hydrogen-bond acceptors (Lipinski definition) is 3. The molecule has 0 aromatic heterocycles. The van der Waals surface area contributed by atoms with E-state index >= 15 is 0 Å². The third-order valence-corrected chi connectivity index (χ3v) is 3.45. The normalized spacial score (nSPS) is 14.7. The van der Waals surface area contributed by atoms with Crippen molar-refractivity contribution in [2.24, 2.45) is 5.73 Å². The van der Waals surface area contributed by atoms with E-state index in [1.165, 1.54) is 12.0 Å². The third-order valence-electron chi connectivity index (χ3n) is 3.23. The number of thiocarbonyl (C=S) groups is 1. The molecule has 4 heteroatoms. The van der Waals surface area contributed by atoms with E-state index < -0.39 is 0 Å².